The van der Waals surface area contributed by atoms with Crippen LogP contribution in [0.1, 0.15) is 12.0 Å². The van der Waals surface area contributed by atoms with E-state index in [1.54, 1.807) is 18.2 Å². The van der Waals surface area contributed by atoms with Crippen LogP contribution in [0, 0.1) is 0 Å². The van der Waals surface area contributed by atoms with Crippen LogP contribution in [0.25, 0.3) is 0 Å². The molecule has 1 heterocycles. The van der Waals surface area contributed by atoms with E-state index < -0.39 is 9.84 Å². The van der Waals surface area contributed by atoms with Gasteiger partial charge in [-0.1, -0.05) is 0 Å². The molecule has 2 rings (SSSR count). The minimum atomic E-state index is -3.06. The van der Waals surface area contributed by atoms with Crippen molar-refractivity contribution in [3.63, 3.8) is 0 Å². The van der Waals surface area contributed by atoms with Crippen molar-refractivity contribution in [2.24, 2.45) is 0 Å². The zero-order valence-electron chi connectivity index (χ0n) is 8.23. The number of benzene rings is 1. The summed E-state index contributed by atoms with van der Waals surface area (Å²) < 4.78 is 23.3. The van der Waals surface area contributed by atoms with Crippen LogP contribution in [-0.4, -0.2) is 26.0 Å². The number of sulfone groups is 1. The maximum atomic E-state index is 11.7. The van der Waals surface area contributed by atoms with E-state index in [0.29, 0.717) is 11.3 Å². The Hall–Kier alpha value is -1.07. The molecule has 5 heteroatoms. The van der Waals surface area contributed by atoms with Crippen LogP contribution >= 0.6 is 0 Å². The maximum Gasteiger partial charge on any atom is 0.178 e. The van der Waals surface area contributed by atoms with Gasteiger partial charge >= 0.3 is 0 Å². The van der Waals surface area contributed by atoms with Gasteiger partial charge in [0.2, 0.25) is 0 Å². The summed E-state index contributed by atoms with van der Waals surface area (Å²) in [6.07, 6.45) is 1.47. The number of aryl methyl sites for hydroxylation is 1. The molecule has 1 aliphatic heterocycles. The van der Waals surface area contributed by atoms with Gasteiger partial charge in [-0.05, 0) is 36.6 Å². The van der Waals surface area contributed by atoms with Gasteiger partial charge in [-0.3, -0.25) is 0 Å². The van der Waals surface area contributed by atoms with Crippen molar-refractivity contribution in [3.05, 3.63) is 23.8 Å². The van der Waals surface area contributed by atoms with Gasteiger partial charge in [-0.2, -0.15) is 0 Å². The van der Waals surface area contributed by atoms with Gasteiger partial charge in [0.25, 0.3) is 0 Å². The third kappa shape index (κ3) is 1.98. The molecule has 0 unspecified atom stereocenters. The third-order valence-corrected chi connectivity index (χ3v) is 4.43. The molecular weight excluding hydrogens is 214 g/mol. The van der Waals surface area contributed by atoms with Crippen molar-refractivity contribution in [2.75, 3.05) is 17.8 Å². The van der Waals surface area contributed by atoms with E-state index in [9.17, 15) is 8.42 Å². The minimum absolute atomic E-state index is 0.147. The number of rotatable bonds is 2. The summed E-state index contributed by atoms with van der Waals surface area (Å²) in [5.41, 5.74) is 1.60. The van der Waals surface area contributed by atoms with E-state index in [2.05, 4.69) is 5.32 Å². The smallest absolute Gasteiger partial charge is 0.178 e. The fraction of sp³-hybridized carbons (Fsp3) is 0.400. The van der Waals surface area contributed by atoms with Crippen LogP contribution in [-0.2, 0) is 16.3 Å². The van der Waals surface area contributed by atoms with Gasteiger partial charge in [0.1, 0.15) is 6.73 Å². The summed E-state index contributed by atoms with van der Waals surface area (Å²) in [5.74, 6) is 0.243. The molecule has 4 nitrogen and oxygen atoms in total. The van der Waals surface area contributed by atoms with E-state index in [1.165, 1.54) is 0 Å². The molecule has 82 valence electrons. The number of anilines is 1. The van der Waals surface area contributed by atoms with Crippen molar-refractivity contribution in [3.8, 4) is 0 Å². The summed E-state index contributed by atoms with van der Waals surface area (Å²) in [7, 11) is -3.06. The Morgan fingerprint density at radius 3 is 2.93 bits per heavy atom. The lowest BCUT2D eigenvalue weighted by molar-refractivity contribution is 0.325. The molecule has 0 saturated carbocycles. The number of nitrogens with one attached hydrogen (secondary N) is 1. The molecular formula is C10H13NO3S. The molecule has 15 heavy (non-hydrogen) atoms. The first-order chi connectivity index (χ1) is 7.13. The van der Waals surface area contributed by atoms with E-state index in [-0.39, 0.29) is 12.5 Å². The number of hydrogen-bond acceptors (Lipinski definition) is 4. The van der Waals surface area contributed by atoms with Crippen LogP contribution < -0.4 is 5.32 Å². The van der Waals surface area contributed by atoms with Crippen molar-refractivity contribution >= 4 is 15.5 Å². The Morgan fingerprint density at radius 2 is 2.20 bits per heavy atom. The van der Waals surface area contributed by atoms with Crippen LogP contribution in [0.3, 0.4) is 0 Å². The molecule has 2 N–H and O–H groups in total. The molecule has 0 amide bonds. The van der Waals surface area contributed by atoms with Crippen LogP contribution in [0.15, 0.2) is 23.1 Å². The fourth-order valence-electron chi connectivity index (χ4n) is 1.84. The lowest BCUT2D eigenvalue weighted by Gasteiger charge is -2.17. The number of fused-ring (bicyclic) bond motifs is 1. The predicted molar refractivity (Wildman–Crippen MR) is 57.5 cm³/mol. The zero-order valence-corrected chi connectivity index (χ0v) is 9.05. The second-order valence-electron chi connectivity index (χ2n) is 3.58. The third-order valence-electron chi connectivity index (χ3n) is 2.54. The van der Waals surface area contributed by atoms with E-state index in [0.717, 1.165) is 17.7 Å². The van der Waals surface area contributed by atoms with Gasteiger partial charge in [0.15, 0.2) is 9.84 Å². The highest BCUT2D eigenvalue weighted by molar-refractivity contribution is 7.91. The molecule has 1 aliphatic rings. The average Bonchev–Trinajstić information content (AvgIpc) is 2.17. The summed E-state index contributed by atoms with van der Waals surface area (Å²) in [4.78, 5) is 0.442. The van der Waals surface area contributed by atoms with Crippen molar-refractivity contribution in [1.29, 1.82) is 0 Å². The van der Waals surface area contributed by atoms with Crippen LogP contribution in [0.5, 0.6) is 0 Å². The van der Waals surface area contributed by atoms with E-state index in [4.69, 9.17) is 5.11 Å². The monoisotopic (exact) mass is 227 g/mol. The lowest BCUT2D eigenvalue weighted by Crippen LogP contribution is -2.16. The summed E-state index contributed by atoms with van der Waals surface area (Å²) >= 11 is 0. The van der Waals surface area contributed by atoms with E-state index >= 15 is 0 Å². The average molecular weight is 227 g/mol. The number of aliphatic hydroxyl groups is 1. The SMILES string of the molecule is O=S1(=O)CCCc2cc(NCO)ccc21. The Kier molecular flexibility index (Phi) is 2.67. The molecule has 0 radical (unpaired) electrons. The van der Waals surface area contributed by atoms with Gasteiger partial charge in [-0.15, -0.1) is 0 Å². The topological polar surface area (TPSA) is 66.4 Å². The van der Waals surface area contributed by atoms with Gasteiger partial charge in [0, 0.05) is 5.69 Å². The predicted octanol–water partition coefficient (Wildman–Crippen LogP) is 0.768. The molecule has 0 saturated heterocycles. The standard InChI is InChI=1S/C10H13NO3S/c12-7-11-9-3-4-10-8(6-9)2-1-5-15(10,13)14/h3-4,6,11-12H,1-2,5,7H2. The molecule has 0 fully saturated rings. The van der Waals surface area contributed by atoms with Crippen molar-refractivity contribution in [1.82, 2.24) is 0 Å². The van der Waals surface area contributed by atoms with Crippen molar-refractivity contribution < 1.29 is 13.5 Å². The second-order valence-corrected chi connectivity index (χ2v) is 5.66. The fourth-order valence-corrected chi connectivity index (χ4v) is 3.42. The van der Waals surface area contributed by atoms with Crippen LogP contribution in [0.4, 0.5) is 5.69 Å². The largest absolute Gasteiger partial charge is 0.377 e. The molecule has 0 atom stereocenters. The summed E-state index contributed by atoms with van der Waals surface area (Å²) in [6, 6.07) is 5.09. The van der Waals surface area contributed by atoms with E-state index in [1.807, 2.05) is 0 Å². The zero-order chi connectivity index (χ0) is 10.9. The minimum Gasteiger partial charge on any atom is -0.377 e. The lowest BCUT2D eigenvalue weighted by atomic mass is 10.1. The Balaban J connectivity index is 2.45. The molecule has 0 bridgehead atoms. The Morgan fingerprint density at radius 1 is 1.40 bits per heavy atom. The first-order valence-corrected chi connectivity index (χ1v) is 6.49. The highest BCUT2D eigenvalue weighted by atomic mass is 32.2. The van der Waals surface area contributed by atoms with Crippen LogP contribution in [0.2, 0.25) is 0 Å². The number of hydrogen-bond donors (Lipinski definition) is 2. The molecule has 0 aromatic heterocycles. The summed E-state index contributed by atoms with van der Waals surface area (Å²) in [5, 5.41) is 11.4. The van der Waals surface area contributed by atoms with Gasteiger partial charge in [-0.25, -0.2) is 8.42 Å². The van der Waals surface area contributed by atoms with Crippen molar-refractivity contribution in [2.45, 2.75) is 17.7 Å². The first-order valence-electron chi connectivity index (χ1n) is 4.84. The maximum absolute atomic E-state index is 11.7. The second kappa shape index (κ2) is 3.83. The number of aliphatic hydroxyl groups excluding tert-OH is 1. The molecule has 0 aliphatic carbocycles. The van der Waals surface area contributed by atoms with Gasteiger partial charge < -0.3 is 10.4 Å². The van der Waals surface area contributed by atoms with Gasteiger partial charge in [0.05, 0.1) is 10.6 Å². The first kappa shape index (κ1) is 10.4. The molecule has 0 spiro atoms. The highest BCUT2D eigenvalue weighted by Gasteiger charge is 2.23. The molecule has 1 aromatic rings. The quantitative estimate of drug-likeness (QED) is 0.732. The molecule has 1 aromatic carbocycles. The summed E-state index contributed by atoms with van der Waals surface area (Å²) in [6.45, 7) is -0.147. The normalized spacial score (nSPS) is 18.2. The Labute approximate surface area is 88.9 Å². The Bertz CT molecular complexity index is 468. The highest BCUT2D eigenvalue weighted by Crippen LogP contribution is 2.27.